The van der Waals surface area contributed by atoms with Gasteiger partial charge >= 0.3 is 0 Å². The van der Waals surface area contributed by atoms with Crippen LogP contribution in [0, 0.1) is 0 Å². The third kappa shape index (κ3) is 1.47. The van der Waals surface area contributed by atoms with Crippen LogP contribution in [0.2, 0.25) is 0 Å². The second-order valence-electron chi connectivity index (χ2n) is 3.86. The molecule has 2 N–H and O–H groups in total. The Kier molecular flexibility index (Phi) is 2.81. The van der Waals surface area contributed by atoms with Crippen LogP contribution in [0.4, 0.5) is 0 Å². The first kappa shape index (κ1) is 10.4. The minimum absolute atomic E-state index is 0.0718. The van der Waals surface area contributed by atoms with Crippen LogP contribution in [-0.2, 0) is 14.2 Å². The molecular formula is C8H15BO5. The smallest absolute Gasteiger partial charge is 0.147 e. The summed E-state index contributed by atoms with van der Waals surface area (Å²) in [4.78, 5) is 0. The second-order valence-corrected chi connectivity index (χ2v) is 3.86. The van der Waals surface area contributed by atoms with Gasteiger partial charge in [0.05, 0.1) is 12.6 Å². The van der Waals surface area contributed by atoms with Gasteiger partial charge in [-0.2, -0.15) is 0 Å². The molecule has 2 aliphatic rings. The number of ether oxygens (including phenoxy) is 3. The van der Waals surface area contributed by atoms with Crippen molar-refractivity contribution in [1.29, 1.82) is 0 Å². The number of hydrogen-bond acceptors (Lipinski definition) is 5. The highest BCUT2D eigenvalue weighted by Crippen LogP contribution is 2.36. The SMILES string of the molecule is BC1OC2COCO[C@H]2[C@@]1(O)CCO. The quantitative estimate of drug-likeness (QED) is 0.499. The van der Waals surface area contributed by atoms with E-state index in [1.165, 1.54) is 0 Å². The highest BCUT2D eigenvalue weighted by atomic mass is 16.7. The first-order valence-corrected chi connectivity index (χ1v) is 4.86. The molecule has 0 aromatic heterocycles. The van der Waals surface area contributed by atoms with Crippen molar-refractivity contribution in [1.82, 2.24) is 0 Å². The molecule has 2 saturated heterocycles. The Morgan fingerprint density at radius 1 is 1.50 bits per heavy atom. The molecule has 2 aliphatic heterocycles. The van der Waals surface area contributed by atoms with Crippen LogP contribution in [-0.4, -0.2) is 61.9 Å². The van der Waals surface area contributed by atoms with E-state index in [2.05, 4.69) is 0 Å². The average Bonchev–Trinajstić information content (AvgIpc) is 2.41. The van der Waals surface area contributed by atoms with Gasteiger partial charge in [-0.25, -0.2) is 0 Å². The van der Waals surface area contributed by atoms with Gasteiger partial charge in [0.1, 0.15) is 32.4 Å². The number of hydrogen-bond donors (Lipinski definition) is 2. The summed E-state index contributed by atoms with van der Waals surface area (Å²) in [5.74, 6) is 0. The van der Waals surface area contributed by atoms with Crippen LogP contribution < -0.4 is 0 Å². The average molecular weight is 202 g/mol. The molecule has 5 nitrogen and oxygen atoms in total. The van der Waals surface area contributed by atoms with Gasteiger partial charge in [-0.05, 0) is 0 Å². The Labute approximate surface area is 83.4 Å². The van der Waals surface area contributed by atoms with Crippen molar-refractivity contribution in [3.8, 4) is 0 Å². The van der Waals surface area contributed by atoms with Crippen molar-refractivity contribution in [3.63, 3.8) is 0 Å². The summed E-state index contributed by atoms with van der Waals surface area (Å²) in [5, 5.41) is 19.2. The highest BCUT2D eigenvalue weighted by molar-refractivity contribution is 6.12. The van der Waals surface area contributed by atoms with E-state index in [4.69, 9.17) is 19.3 Å². The van der Waals surface area contributed by atoms with E-state index >= 15 is 0 Å². The Morgan fingerprint density at radius 3 is 3.00 bits per heavy atom. The van der Waals surface area contributed by atoms with Crippen LogP contribution in [0.25, 0.3) is 0 Å². The Bertz CT molecular complexity index is 214. The third-order valence-electron chi connectivity index (χ3n) is 3.04. The van der Waals surface area contributed by atoms with Crippen molar-refractivity contribution < 1.29 is 24.4 Å². The van der Waals surface area contributed by atoms with E-state index in [0.29, 0.717) is 6.61 Å². The largest absolute Gasteiger partial charge is 0.396 e. The summed E-state index contributed by atoms with van der Waals surface area (Å²) >= 11 is 0. The Balaban J connectivity index is 2.14. The molecule has 0 amide bonds. The first-order chi connectivity index (χ1) is 6.68. The van der Waals surface area contributed by atoms with E-state index in [0.717, 1.165) is 0 Å². The Hall–Kier alpha value is -0.135. The highest BCUT2D eigenvalue weighted by Gasteiger charge is 2.55. The maximum atomic E-state index is 10.3. The predicted molar refractivity (Wildman–Crippen MR) is 49.5 cm³/mol. The molecular weight excluding hydrogens is 187 g/mol. The first-order valence-electron chi connectivity index (χ1n) is 4.86. The fraction of sp³-hybridized carbons (Fsp3) is 1.00. The van der Waals surface area contributed by atoms with Crippen LogP contribution in [0.3, 0.4) is 0 Å². The minimum atomic E-state index is -1.08. The maximum absolute atomic E-state index is 10.3. The van der Waals surface area contributed by atoms with Crippen LogP contribution in [0.1, 0.15) is 6.42 Å². The molecule has 2 unspecified atom stereocenters. The molecule has 0 radical (unpaired) electrons. The van der Waals surface area contributed by atoms with Gasteiger partial charge < -0.3 is 24.4 Å². The number of aliphatic hydroxyl groups excluding tert-OH is 1. The molecule has 4 atom stereocenters. The number of fused-ring (bicyclic) bond motifs is 1. The van der Waals surface area contributed by atoms with Crippen LogP contribution >= 0.6 is 0 Å². The molecule has 0 aromatic rings. The molecule has 0 saturated carbocycles. The van der Waals surface area contributed by atoms with Gasteiger partial charge in [0.2, 0.25) is 0 Å². The number of rotatable bonds is 2. The normalized spacial score (nSPS) is 47.7. The summed E-state index contributed by atoms with van der Waals surface area (Å²) < 4.78 is 15.9. The predicted octanol–water partition coefficient (Wildman–Crippen LogP) is -2.17. The van der Waals surface area contributed by atoms with Crippen molar-refractivity contribution >= 4 is 7.85 Å². The number of aliphatic hydroxyl groups is 2. The molecule has 0 aromatic carbocycles. The monoisotopic (exact) mass is 202 g/mol. The van der Waals surface area contributed by atoms with Crippen molar-refractivity contribution in [3.05, 3.63) is 0 Å². The van der Waals surface area contributed by atoms with Gasteiger partial charge in [0.15, 0.2) is 0 Å². The molecule has 2 heterocycles. The van der Waals surface area contributed by atoms with Gasteiger partial charge in [0.25, 0.3) is 0 Å². The molecule has 6 heteroatoms. The van der Waals surface area contributed by atoms with Crippen LogP contribution in [0.15, 0.2) is 0 Å². The Morgan fingerprint density at radius 2 is 2.29 bits per heavy atom. The topological polar surface area (TPSA) is 68.2 Å². The fourth-order valence-corrected chi connectivity index (χ4v) is 2.19. The summed E-state index contributed by atoms with van der Waals surface area (Å²) in [5.41, 5.74) is -1.08. The van der Waals surface area contributed by atoms with Crippen molar-refractivity contribution in [2.45, 2.75) is 30.2 Å². The molecule has 0 aliphatic carbocycles. The lowest BCUT2D eigenvalue weighted by molar-refractivity contribution is -0.205. The van der Waals surface area contributed by atoms with E-state index in [1.807, 2.05) is 0 Å². The van der Waals surface area contributed by atoms with Crippen LogP contribution in [0.5, 0.6) is 0 Å². The lowest BCUT2D eigenvalue weighted by atomic mass is 9.78. The van der Waals surface area contributed by atoms with Gasteiger partial charge in [-0.3, -0.25) is 0 Å². The van der Waals surface area contributed by atoms with Gasteiger partial charge in [0, 0.05) is 13.0 Å². The van der Waals surface area contributed by atoms with Crippen molar-refractivity contribution in [2.24, 2.45) is 0 Å². The lowest BCUT2D eigenvalue weighted by Gasteiger charge is -2.34. The molecule has 80 valence electrons. The van der Waals surface area contributed by atoms with Gasteiger partial charge in [-0.1, -0.05) is 0 Å². The second kappa shape index (κ2) is 3.79. The van der Waals surface area contributed by atoms with E-state index in [-0.39, 0.29) is 38.0 Å². The van der Waals surface area contributed by atoms with Crippen molar-refractivity contribution in [2.75, 3.05) is 20.0 Å². The maximum Gasteiger partial charge on any atom is 0.147 e. The molecule has 0 bridgehead atoms. The summed E-state index contributed by atoms with van der Waals surface area (Å²) in [6.07, 6.45) is -0.316. The van der Waals surface area contributed by atoms with E-state index < -0.39 is 5.60 Å². The summed E-state index contributed by atoms with van der Waals surface area (Å²) in [6.45, 7) is 0.561. The van der Waals surface area contributed by atoms with E-state index in [1.54, 1.807) is 7.85 Å². The zero-order valence-corrected chi connectivity index (χ0v) is 8.18. The molecule has 0 spiro atoms. The summed E-state index contributed by atoms with van der Waals surface area (Å²) in [7, 11) is 1.79. The standard InChI is InChI=1S/C8H15BO5/c9-7-8(11,1-2-10)6-5(14-7)3-12-4-13-6/h5-7,10-11H,1-4,9H2/t5?,6-,7?,8+/m1/s1. The molecule has 2 fully saturated rings. The zero-order valence-electron chi connectivity index (χ0n) is 8.18. The zero-order chi connectivity index (χ0) is 10.2. The lowest BCUT2D eigenvalue weighted by Crippen LogP contribution is -2.52. The minimum Gasteiger partial charge on any atom is -0.396 e. The van der Waals surface area contributed by atoms with E-state index in [9.17, 15) is 5.11 Å². The molecule has 14 heavy (non-hydrogen) atoms. The summed E-state index contributed by atoms with van der Waals surface area (Å²) in [6, 6.07) is -0.327. The molecule has 2 rings (SSSR count). The third-order valence-corrected chi connectivity index (χ3v) is 3.04. The van der Waals surface area contributed by atoms with Gasteiger partial charge in [-0.15, -0.1) is 0 Å². The fourth-order valence-electron chi connectivity index (χ4n) is 2.19.